The Bertz CT molecular complexity index is 761. The normalized spacial score (nSPS) is 26.6. The van der Waals surface area contributed by atoms with Gasteiger partial charge in [-0.1, -0.05) is 6.07 Å². The minimum Gasteiger partial charge on any atom is -0.486 e. The number of hydrogen-bond donors (Lipinski definition) is 1. The highest BCUT2D eigenvalue weighted by atomic mass is 32.2. The smallest absolute Gasteiger partial charge is 0.244 e. The van der Waals surface area contributed by atoms with Crippen LogP contribution in [0.15, 0.2) is 18.2 Å². The summed E-state index contributed by atoms with van der Waals surface area (Å²) in [7, 11) is 0. The zero-order valence-electron chi connectivity index (χ0n) is 16.0. The van der Waals surface area contributed by atoms with Gasteiger partial charge in [0, 0.05) is 17.2 Å². The first-order valence-corrected chi connectivity index (χ1v) is 10.6. The van der Waals surface area contributed by atoms with E-state index >= 15 is 0 Å². The van der Waals surface area contributed by atoms with E-state index in [9.17, 15) is 9.59 Å². The molecular weight excluding hydrogens is 364 g/mol. The molecule has 2 fully saturated rings. The van der Waals surface area contributed by atoms with Crippen molar-refractivity contribution in [3.63, 3.8) is 0 Å². The van der Waals surface area contributed by atoms with Crippen molar-refractivity contribution >= 4 is 23.6 Å². The fourth-order valence-corrected chi connectivity index (χ4v) is 4.83. The fourth-order valence-electron chi connectivity index (χ4n) is 3.67. The second-order valence-electron chi connectivity index (χ2n) is 8.41. The Hall–Kier alpha value is -1.89. The predicted molar refractivity (Wildman–Crippen MR) is 104 cm³/mol. The van der Waals surface area contributed by atoms with Crippen molar-refractivity contribution in [3.05, 3.63) is 23.8 Å². The van der Waals surface area contributed by atoms with E-state index in [4.69, 9.17) is 9.47 Å². The molecule has 0 bridgehead atoms. The van der Waals surface area contributed by atoms with Crippen molar-refractivity contribution in [1.82, 2.24) is 10.2 Å². The van der Waals surface area contributed by atoms with Crippen LogP contribution in [0.2, 0.25) is 0 Å². The van der Waals surface area contributed by atoms with Gasteiger partial charge in [-0.05, 0) is 50.8 Å². The first-order chi connectivity index (χ1) is 12.8. The number of amides is 2. The SMILES string of the molecule is CC(C)(C)NC(=O)C1CSCN1C(=O)C1CC1c1ccc2c(c1)OCCO2. The van der Waals surface area contributed by atoms with Gasteiger partial charge in [-0.15, -0.1) is 11.8 Å². The highest BCUT2D eigenvalue weighted by molar-refractivity contribution is 7.99. The van der Waals surface area contributed by atoms with E-state index < -0.39 is 0 Å². The van der Waals surface area contributed by atoms with Crippen LogP contribution in [-0.2, 0) is 9.59 Å². The monoisotopic (exact) mass is 390 g/mol. The fraction of sp³-hybridized carbons (Fsp3) is 0.600. The lowest BCUT2D eigenvalue weighted by Crippen LogP contribution is -2.52. The molecule has 6 nitrogen and oxygen atoms in total. The summed E-state index contributed by atoms with van der Waals surface area (Å²) in [6.45, 7) is 6.99. The Labute approximate surface area is 164 Å². The molecule has 0 radical (unpaired) electrons. The van der Waals surface area contributed by atoms with Crippen LogP contribution in [0.3, 0.4) is 0 Å². The van der Waals surface area contributed by atoms with E-state index in [0.29, 0.717) is 24.8 Å². The van der Waals surface area contributed by atoms with Crippen LogP contribution in [0.5, 0.6) is 11.5 Å². The van der Waals surface area contributed by atoms with Crippen LogP contribution in [0.25, 0.3) is 0 Å². The summed E-state index contributed by atoms with van der Waals surface area (Å²) >= 11 is 1.64. The first kappa shape index (κ1) is 18.5. The predicted octanol–water partition coefficient (Wildman–Crippen LogP) is 2.38. The molecule has 2 heterocycles. The molecule has 3 unspecified atom stereocenters. The molecule has 1 aromatic rings. The summed E-state index contributed by atoms with van der Waals surface area (Å²) in [5.41, 5.74) is 0.812. The third-order valence-electron chi connectivity index (χ3n) is 5.07. The van der Waals surface area contributed by atoms with Crippen LogP contribution in [-0.4, -0.2) is 53.1 Å². The van der Waals surface area contributed by atoms with Gasteiger partial charge in [0.15, 0.2) is 11.5 Å². The van der Waals surface area contributed by atoms with Crippen molar-refractivity contribution in [1.29, 1.82) is 0 Å². The van der Waals surface area contributed by atoms with Crippen molar-refractivity contribution in [2.75, 3.05) is 24.8 Å². The molecule has 1 aromatic carbocycles. The minimum absolute atomic E-state index is 0.0452. The summed E-state index contributed by atoms with van der Waals surface area (Å²) < 4.78 is 11.2. The lowest BCUT2D eigenvalue weighted by atomic mass is 10.1. The molecule has 146 valence electrons. The second kappa shape index (κ2) is 6.93. The standard InChI is InChI=1S/C20H26N2O4S/c1-20(2,3)21-18(23)15-10-27-11-22(15)19(24)14-9-13(14)12-4-5-16-17(8-12)26-7-6-25-16/h4-5,8,13-15H,6-7,9-11H2,1-3H3,(H,21,23). The first-order valence-electron chi connectivity index (χ1n) is 9.43. The van der Waals surface area contributed by atoms with Gasteiger partial charge in [-0.3, -0.25) is 9.59 Å². The van der Waals surface area contributed by atoms with Crippen molar-refractivity contribution in [3.8, 4) is 11.5 Å². The number of nitrogens with one attached hydrogen (secondary N) is 1. The maximum Gasteiger partial charge on any atom is 0.244 e. The summed E-state index contributed by atoms with van der Waals surface area (Å²) in [6.07, 6.45) is 0.827. The van der Waals surface area contributed by atoms with Crippen LogP contribution in [0.1, 0.15) is 38.7 Å². The maximum atomic E-state index is 13.0. The van der Waals surface area contributed by atoms with Crippen LogP contribution >= 0.6 is 11.8 Å². The molecule has 0 aromatic heterocycles. The van der Waals surface area contributed by atoms with E-state index in [-0.39, 0.29) is 35.2 Å². The van der Waals surface area contributed by atoms with Gasteiger partial charge in [0.2, 0.25) is 11.8 Å². The topological polar surface area (TPSA) is 67.9 Å². The minimum atomic E-state index is -0.372. The highest BCUT2D eigenvalue weighted by Gasteiger charge is 2.49. The Balaban J connectivity index is 1.42. The Kier molecular flexibility index (Phi) is 4.74. The third-order valence-corrected chi connectivity index (χ3v) is 6.08. The molecule has 3 aliphatic rings. The van der Waals surface area contributed by atoms with Crippen molar-refractivity contribution in [2.24, 2.45) is 5.92 Å². The summed E-state index contributed by atoms with van der Waals surface area (Å²) in [5.74, 6) is 2.97. The number of carbonyl (C=O) groups is 2. The number of benzene rings is 1. The molecule has 4 rings (SSSR count). The number of fused-ring (bicyclic) bond motifs is 1. The quantitative estimate of drug-likeness (QED) is 0.858. The largest absolute Gasteiger partial charge is 0.486 e. The van der Waals surface area contributed by atoms with Crippen LogP contribution in [0.4, 0.5) is 0 Å². The molecule has 1 saturated carbocycles. The lowest BCUT2D eigenvalue weighted by molar-refractivity contribution is -0.139. The van der Waals surface area contributed by atoms with Gasteiger partial charge in [0.05, 0.1) is 5.88 Å². The highest BCUT2D eigenvalue weighted by Crippen LogP contribution is 2.50. The van der Waals surface area contributed by atoms with E-state index in [1.807, 2.05) is 39.0 Å². The number of nitrogens with zero attached hydrogens (tertiary/aromatic N) is 1. The molecular formula is C20H26N2O4S. The maximum absolute atomic E-state index is 13.0. The van der Waals surface area contributed by atoms with E-state index in [2.05, 4.69) is 5.32 Å². The van der Waals surface area contributed by atoms with E-state index in [1.54, 1.807) is 16.7 Å². The average molecular weight is 391 g/mol. The zero-order valence-corrected chi connectivity index (χ0v) is 16.8. The number of thioether (sulfide) groups is 1. The molecule has 2 amide bonds. The Morgan fingerprint density at radius 1 is 1.19 bits per heavy atom. The average Bonchev–Trinajstić information content (AvgIpc) is 3.26. The number of hydrogen-bond acceptors (Lipinski definition) is 5. The van der Waals surface area contributed by atoms with Gasteiger partial charge >= 0.3 is 0 Å². The van der Waals surface area contributed by atoms with Crippen molar-refractivity contribution in [2.45, 2.75) is 44.7 Å². The summed E-state index contributed by atoms with van der Waals surface area (Å²) in [5, 5.41) is 3.01. The van der Waals surface area contributed by atoms with Gasteiger partial charge in [-0.25, -0.2) is 0 Å². The van der Waals surface area contributed by atoms with E-state index in [0.717, 1.165) is 23.5 Å². The molecule has 1 N–H and O–H groups in total. The molecule has 27 heavy (non-hydrogen) atoms. The number of rotatable bonds is 3. The Morgan fingerprint density at radius 3 is 2.67 bits per heavy atom. The molecule has 3 atom stereocenters. The van der Waals surface area contributed by atoms with Gasteiger partial charge < -0.3 is 19.7 Å². The zero-order chi connectivity index (χ0) is 19.2. The summed E-state index contributed by atoms with van der Waals surface area (Å²) in [6, 6.07) is 5.57. The molecule has 1 saturated heterocycles. The number of ether oxygens (including phenoxy) is 2. The summed E-state index contributed by atoms with van der Waals surface area (Å²) in [4.78, 5) is 27.4. The van der Waals surface area contributed by atoms with E-state index in [1.165, 1.54) is 0 Å². The molecule has 7 heteroatoms. The third kappa shape index (κ3) is 3.88. The molecule has 2 aliphatic heterocycles. The molecule has 1 aliphatic carbocycles. The second-order valence-corrected chi connectivity index (χ2v) is 9.41. The van der Waals surface area contributed by atoms with Crippen LogP contribution < -0.4 is 14.8 Å². The molecule has 0 spiro atoms. The number of carbonyl (C=O) groups excluding carboxylic acids is 2. The van der Waals surface area contributed by atoms with Crippen molar-refractivity contribution < 1.29 is 19.1 Å². The lowest BCUT2D eigenvalue weighted by Gasteiger charge is -2.28. The van der Waals surface area contributed by atoms with Gasteiger partial charge in [0.25, 0.3) is 0 Å². The Morgan fingerprint density at radius 2 is 1.93 bits per heavy atom. The van der Waals surface area contributed by atoms with Crippen LogP contribution in [0, 0.1) is 5.92 Å². The van der Waals surface area contributed by atoms with Gasteiger partial charge in [-0.2, -0.15) is 0 Å². The van der Waals surface area contributed by atoms with Gasteiger partial charge in [0.1, 0.15) is 19.3 Å².